The van der Waals surface area contributed by atoms with Gasteiger partial charge in [-0.1, -0.05) is 19.1 Å². The van der Waals surface area contributed by atoms with Gasteiger partial charge in [-0.05, 0) is 86.5 Å². The maximum atomic E-state index is 13.8. The highest BCUT2D eigenvalue weighted by Gasteiger charge is 2.33. The highest BCUT2D eigenvalue weighted by Crippen LogP contribution is 2.26. The summed E-state index contributed by atoms with van der Waals surface area (Å²) in [7, 11) is -2.86. The Labute approximate surface area is 233 Å². The molecule has 0 saturated carbocycles. The molecule has 8 nitrogen and oxygen atoms in total. The van der Waals surface area contributed by atoms with Gasteiger partial charge in [-0.15, -0.1) is 0 Å². The molecule has 3 aromatic rings. The van der Waals surface area contributed by atoms with E-state index in [-0.39, 0.29) is 23.2 Å². The number of nitrogens with one attached hydrogen (secondary N) is 1. The maximum absolute atomic E-state index is 13.8. The number of nitrogens with zero attached hydrogens (tertiary/aromatic N) is 2. The van der Waals surface area contributed by atoms with Crippen molar-refractivity contribution in [3.63, 3.8) is 0 Å². The van der Waals surface area contributed by atoms with Crippen LogP contribution in [0.25, 0.3) is 0 Å². The molecular formula is C29H33F2N3O5S. The number of sulfonamides is 1. The highest BCUT2D eigenvalue weighted by atomic mass is 32.2. The van der Waals surface area contributed by atoms with Gasteiger partial charge in [0.1, 0.15) is 30.0 Å². The van der Waals surface area contributed by atoms with Crippen molar-refractivity contribution in [1.82, 2.24) is 10.2 Å². The molecule has 0 fully saturated rings. The van der Waals surface area contributed by atoms with Crippen molar-refractivity contribution in [2.75, 3.05) is 18.0 Å². The van der Waals surface area contributed by atoms with Gasteiger partial charge in [0.15, 0.2) is 0 Å². The molecule has 11 heteroatoms. The topological polar surface area (TPSA) is 96.0 Å². The summed E-state index contributed by atoms with van der Waals surface area (Å²) in [5.41, 5.74) is 0.605. The van der Waals surface area contributed by atoms with Crippen LogP contribution < -0.4 is 14.4 Å². The van der Waals surface area contributed by atoms with Crippen molar-refractivity contribution in [2.24, 2.45) is 0 Å². The molecule has 2 unspecified atom stereocenters. The number of amides is 2. The lowest BCUT2D eigenvalue weighted by molar-refractivity contribution is -0.139. The number of benzene rings is 3. The summed E-state index contributed by atoms with van der Waals surface area (Å²) in [4.78, 5) is 28.0. The first-order valence-electron chi connectivity index (χ1n) is 12.7. The SMILES string of the molecule is CCC(C)NC(=O)C(C)N(Cc1ccc(F)cc1)C(=O)CN(c1ccc(F)cc1)S(=O)(=O)c1ccc(OC)cc1. The molecule has 0 aliphatic heterocycles. The molecule has 0 heterocycles. The third kappa shape index (κ3) is 7.56. The van der Waals surface area contributed by atoms with Gasteiger partial charge in [0.2, 0.25) is 11.8 Å². The standard InChI is InChI=1S/C29H33F2N3O5S/c1-5-20(2)32-29(36)21(3)33(18-22-6-8-23(30)9-7-22)28(35)19-34(25-12-10-24(31)11-13-25)40(37,38)27-16-14-26(39-4)15-17-27/h6-17,20-21H,5,18-19H2,1-4H3,(H,32,36). The number of carbonyl (C=O) groups excluding carboxylic acids is 2. The highest BCUT2D eigenvalue weighted by molar-refractivity contribution is 7.92. The van der Waals surface area contributed by atoms with Crippen LogP contribution in [0.1, 0.15) is 32.8 Å². The zero-order valence-electron chi connectivity index (χ0n) is 22.8. The van der Waals surface area contributed by atoms with E-state index in [9.17, 15) is 26.8 Å². The van der Waals surface area contributed by atoms with Crippen molar-refractivity contribution < 1.29 is 31.5 Å². The van der Waals surface area contributed by atoms with Crippen molar-refractivity contribution in [3.8, 4) is 5.75 Å². The van der Waals surface area contributed by atoms with E-state index in [4.69, 9.17) is 4.74 Å². The Morgan fingerprint density at radius 3 is 1.98 bits per heavy atom. The first kappa shape index (κ1) is 30.6. The molecule has 0 saturated heterocycles. The van der Waals surface area contributed by atoms with Gasteiger partial charge in [-0.25, -0.2) is 17.2 Å². The summed E-state index contributed by atoms with van der Waals surface area (Å²) in [6.07, 6.45) is 0.669. The molecule has 0 spiro atoms. The summed E-state index contributed by atoms with van der Waals surface area (Å²) in [6, 6.07) is 14.6. The number of hydrogen-bond acceptors (Lipinski definition) is 5. The van der Waals surface area contributed by atoms with Gasteiger partial charge >= 0.3 is 0 Å². The number of methoxy groups -OCH3 is 1. The molecule has 40 heavy (non-hydrogen) atoms. The third-order valence-corrected chi connectivity index (χ3v) is 8.26. The summed E-state index contributed by atoms with van der Waals surface area (Å²) in [5, 5.41) is 2.84. The molecule has 1 N–H and O–H groups in total. The second-order valence-electron chi connectivity index (χ2n) is 9.31. The Morgan fingerprint density at radius 1 is 0.900 bits per heavy atom. The van der Waals surface area contributed by atoms with Gasteiger partial charge in [-0.2, -0.15) is 0 Å². The van der Waals surface area contributed by atoms with E-state index >= 15 is 0 Å². The second kappa shape index (κ2) is 13.4. The number of anilines is 1. The van der Waals surface area contributed by atoms with Crippen molar-refractivity contribution in [1.29, 1.82) is 0 Å². The average Bonchev–Trinajstić information content (AvgIpc) is 2.95. The zero-order valence-corrected chi connectivity index (χ0v) is 23.6. The Bertz CT molecular complexity index is 1400. The maximum Gasteiger partial charge on any atom is 0.264 e. The van der Waals surface area contributed by atoms with Gasteiger partial charge in [-0.3, -0.25) is 13.9 Å². The second-order valence-corrected chi connectivity index (χ2v) is 11.2. The molecule has 2 atom stereocenters. The summed E-state index contributed by atoms with van der Waals surface area (Å²) in [5.74, 6) is -1.70. The van der Waals surface area contributed by atoms with E-state index in [1.54, 1.807) is 6.92 Å². The summed E-state index contributed by atoms with van der Waals surface area (Å²) in [6.45, 7) is 4.52. The summed E-state index contributed by atoms with van der Waals surface area (Å²) >= 11 is 0. The van der Waals surface area contributed by atoms with Crippen LogP contribution in [0.15, 0.2) is 77.7 Å². The lowest BCUT2D eigenvalue weighted by Crippen LogP contribution is -2.52. The van der Waals surface area contributed by atoms with Gasteiger partial charge < -0.3 is 15.0 Å². The van der Waals surface area contributed by atoms with Crippen molar-refractivity contribution in [2.45, 2.75) is 50.7 Å². The molecule has 0 aromatic heterocycles. The first-order valence-corrected chi connectivity index (χ1v) is 14.2. The molecule has 0 aliphatic carbocycles. The molecule has 214 valence electrons. The van der Waals surface area contributed by atoms with E-state index in [0.29, 0.717) is 17.7 Å². The van der Waals surface area contributed by atoms with Crippen LogP contribution in [0.5, 0.6) is 5.75 Å². The fourth-order valence-electron chi connectivity index (χ4n) is 3.85. The normalized spacial score (nSPS) is 12.8. The number of hydrogen-bond donors (Lipinski definition) is 1. The van der Waals surface area contributed by atoms with E-state index in [0.717, 1.165) is 16.4 Å². The fourth-order valence-corrected chi connectivity index (χ4v) is 5.26. The van der Waals surface area contributed by atoms with Gasteiger partial charge in [0.05, 0.1) is 17.7 Å². The largest absolute Gasteiger partial charge is 0.497 e. The van der Waals surface area contributed by atoms with E-state index in [2.05, 4.69) is 5.32 Å². The quantitative estimate of drug-likeness (QED) is 0.344. The molecule has 3 aromatic carbocycles. The molecule has 0 aliphatic rings. The van der Waals surface area contributed by atoms with Crippen LogP contribution in [0, 0.1) is 11.6 Å². The van der Waals surface area contributed by atoms with E-state index in [1.165, 1.54) is 72.7 Å². The smallest absolute Gasteiger partial charge is 0.264 e. The fraction of sp³-hybridized carbons (Fsp3) is 0.310. The number of rotatable bonds is 12. The average molecular weight is 574 g/mol. The minimum atomic E-state index is -4.31. The van der Waals surface area contributed by atoms with Crippen molar-refractivity contribution in [3.05, 3.63) is 90.0 Å². The van der Waals surface area contributed by atoms with E-state index in [1.807, 2.05) is 13.8 Å². The Balaban J connectivity index is 2.01. The number of carbonyl (C=O) groups is 2. The first-order chi connectivity index (χ1) is 19.0. The van der Waals surface area contributed by atoms with Crippen LogP contribution in [0.3, 0.4) is 0 Å². The van der Waals surface area contributed by atoms with Crippen molar-refractivity contribution >= 4 is 27.5 Å². The third-order valence-electron chi connectivity index (χ3n) is 6.48. The minimum Gasteiger partial charge on any atom is -0.497 e. The Kier molecular flexibility index (Phi) is 10.2. The summed E-state index contributed by atoms with van der Waals surface area (Å²) < 4.78 is 60.7. The molecule has 0 bridgehead atoms. The van der Waals surface area contributed by atoms with Gasteiger partial charge in [0.25, 0.3) is 10.0 Å². The number of ether oxygens (including phenoxy) is 1. The lowest BCUT2D eigenvalue weighted by atomic mass is 10.1. The predicted molar refractivity (Wildman–Crippen MR) is 148 cm³/mol. The van der Waals surface area contributed by atoms with Crippen LogP contribution in [-0.2, 0) is 26.2 Å². The molecular weight excluding hydrogens is 540 g/mol. The molecule has 3 rings (SSSR count). The predicted octanol–water partition coefficient (Wildman–Crippen LogP) is 4.50. The van der Waals surface area contributed by atoms with E-state index < -0.39 is 46.1 Å². The van der Waals surface area contributed by atoms with Crippen LogP contribution in [0.4, 0.5) is 14.5 Å². The molecule has 0 radical (unpaired) electrons. The Hall–Kier alpha value is -3.99. The van der Waals surface area contributed by atoms with Crippen LogP contribution in [-0.4, -0.2) is 50.9 Å². The Morgan fingerprint density at radius 2 is 1.45 bits per heavy atom. The van der Waals surface area contributed by atoms with Crippen LogP contribution >= 0.6 is 0 Å². The zero-order chi connectivity index (χ0) is 29.4. The molecule has 2 amide bonds. The minimum absolute atomic E-state index is 0.0593. The number of halogens is 2. The van der Waals surface area contributed by atoms with Crippen LogP contribution in [0.2, 0.25) is 0 Å². The van der Waals surface area contributed by atoms with Gasteiger partial charge in [0, 0.05) is 12.6 Å². The lowest BCUT2D eigenvalue weighted by Gasteiger charge is -2.32. The monoisotopic (exact) mass is 573 g/mol.